The number of aromatic nitrogens is 2. The molecule has 1 heterocycles. The van der Waals surface area contributed by atoms with Crippen LogP contribution in [0.3, 0.4) is 0 Å². The molecule has 0 aliphatic carbocycles. The number of carboxylic acid groups (broad SMARTS) is 1. The number of ether oxygens (including phenoxy) is 1. The Morgan fingerprint density at radius 1 is 1.72 bits per heavy atom. The van der Waals surface area contributed by atoms with Gasteiger partial charge < -0.3 is 15.2 Å². The fraction of sp³-hybridized carbons (Fsp3) is 0.364. The number of nitrogens with one attached hydrogen (secondary N) is 1. The van der Waals surface area contributed by atoms with Gasteiger partial charge in [-0.25, -0.2) is 9.59 Å². The van der Waals surface area contributed by atoms with Gasteiger partial charge in [0.2, 0.25) is 0 Å². The lowest BCUT2D eigenvalue weighted by atomic mass is 10.1. The summed E-state index contributed by atoms with van der Waals surface area (Å²) >= 11 is 0. The maximum absolute atomic E-state index is 11.3. The molecule has 18 heavy (non-hydrogen) atoms. The van der Waals surface area contributed by atoms with E-state index in [1.165, 1.54) is 17.0 Å². The van der Waals surface area contributed by atoms with Crippen molar-refractivity contribution in [3.8, 4) is 0 Å². The zero-order valence-electron chi connectivity index (χ0n) is 10.2. The molecule has 1 amide bonds. The molecule has 0 bridgehead atoms. The second kappa shape index (κ2) is 5.85. The summed E-state index contributed by atoms with van der Waals surface area (Å²) in [4.78, 5) is 22.5. The maximum atomic E-state index is 11.3. The lowest BCUT2D eigenvalue weighted by Crippen LogP contribution is -2.34. The summed E-state index contributed by atoms with van der Waals surface area (Å²) in [6, 6.07) is -1.18. The average molecular weight is 253 g/mol. The summed E-state index contributed by atoms with van der Waals surface area (Å²) in [5.41, 5.74) is 1.08. The van der Waals surface area contributed by atoms with E-state index in [0.717, 1.165) is 0 Å². The molecule has 7 nitrogen and oxygen atoms in total. The Morgan fingerprint density at radius 2 is 2.39 bits per heavy atom. The second-order valence-corrected chi connectivity index (χ2v) is 3.61. The van der Waals surface area contributed by atoms with Gasteiger partial charge in [0.1, 0.15) is 6.61 Å². The summed E-state index contributed by atoms with van der Waals surface area (Å²) in [5.74, 6) is -1.18. The van der Waals surface area contributed by atoms with Crippen molar-refractivity contribution >= 4 is 12.1 Å². The number of hydrogen-bond acceptors (Lipinski definition) is 4. The first-order chi connectivity index (χ1) is 8.47. The lowest BCUT2D eigenvalue weighted by molar-refractivity contribution is -0.139. The van der Waals surface area contributed by atoms with E-state index >= 15 is 0 Å². The number of aryl methyl sites for hydroxylation is 1. The van der Waals surface area contributed by atoms with Crippen LogP contribution in [0.2, 0.25) is 0 Å². The molecule has 1 aromatic heterocycles. The number of carbonyl (C=O) groups is 2. The molecule has 0 saturated heterocycles. The predicted molar refractivity (Wildman–Crippen MR) is 63.0 cm³/mol. The molecule has 98 valence electrons. The number of carbonyl (C=O) groups excluding carboxylic acids is 1. The molecule has 1 aromatic rings. The van der Waals surface area contributed by atoms with Crippen LogP contribution in [-0.2, 0) is 16.6 Å². The van der Waals surface area contributed by atoms with Gasteiger partial charge in [-0.15, -0.1) is 0 Å². The van der Waals surface area contributed by atoms with Gasteiger partial charge in [0.05, 0.1) is 6.20 Å². The Kier molecular flexibility index (Phi) is 4.47. The second-order valence-electron chi connectivity index (χ2n) is 3.61. The molecule has 1 unspecified atom stereocenters. The maximum Gasteiger partial charge on any atom is 0.408 e. The van der Waals surface area contributed by atoms with Crippen molar-refractivity contribution < 1.29 is 19.4 Å². The third-order valence-electron chi connectivity index (χ3n) is 2.43. The SMILES string of the molecule is C=CCOC(=O)NC(C(=O)O)c1cnn(C)c1C. The zero-order valence-corrected chi connectivity index (χ0v) is 10.2. The highest BCUT2D eigenvalue weighted by molar-refractivity contribution is 5.81. The Bertz CT molecular complexity index is 467. The molecule has 1 atom stereocenters. The lowest BCUT2D eigenvalue weighted by Gasteiger charge is -2.13. The highest BCUT2D eigenvalue weighted by Crippen LogP contribution is 2.17. The van der Waals surface area contributed by atoms with Crippen LogP contribution in [0.4, 0.5) is 4.79 Å². The van der Waals surface area contributed by atoms with Crippen LogP contribution in [0.5, 0.6) is 0 Å². The van der Waals surface area contributed by atoms with Gasteiger partial charge in [-0.1, -0.05) is 12.7 Å². The van der Waals surface area contributed by atoms with Crippen LogP contribution in [0.15, 0.2) is 18.9 Å². The van der Waals surface area contributed by atoms with Crippen molar-refractivity contribution in [1.29, 1.82) is 0 Å². The number of hydrogen-bond donors (Lipinski definition) is 2. The van der Waals surface area contributed by atoms with Crippen LogP contribution >= 0.6 is 0 Å². The van der Waals surface area contributed by atoms with Crippen molar-refractivity contribution in [2.24, 2.45) is 7.05 Å². The molecule has 1 rings (SSSR count). The topological polar surface area (TPSA) is 93.4 Å². The van der Waals surface area contributed by atoms with Crippen LogP contribution in [-0.4, -0.2) is 33.6 Å². The van der Waals surface area contributed by atoms with Crippen LogP contribution < -0.4 is 5.32 Å². The first-order valence-corrected chi connectivity index (χ1v) is 5.22. The molecule has 0 fully saturated rings. The molecule has 0 aromatic carbocycles. The fourth-order valence-electron chi connectivity index (χ4n) is 1.37. The van der Waals surface area contributed by atoms with E-state index in [9.17, 15) is 9.59 Å². The Balaban J connectivity index is 2.84. The van der Waals surface area contributed by atoms with Crippen molar-refractivity contribution in [3.05, 3.63) is 30.1 Å². The van der Waals surface area contributed by atoms with Crippen molar-refractivity contribution in [1.82, 2.24) is 15.1 Å². The number of alkyl carbamates (subject to hydrolysis) is 1. The average Bonchev–Trinajstić information content (AvgIpc) is 2.64. The van der Waals surface area contributed by atoms with E-state index in [1.54, 1.807) is 14.0 Å². The third-order valence-corrected chi connectivity index (χ3v) is 2.43. The number of nitrogens with zero attached hydrogens (tertiary/aromatic N) is 2. The normalized spacial score (nSPS) is 11.7. The Morgan fingerprint density at radius 3 is 2.83 bits per heavy atom. The van der Waals surface area contributed by atoms with Crippen LogP contribution in [0.1, 0.15) is 17.3 Å². The Hall–Kier alpha value is -2.31. The van der Waals surface area contributed by atoms with Crippen molar-refractivity contribution in [2.45, 2.75) is 13.0 Å². The minimum Gasteiger partial charge on any atom is -0.479 e. The van der Waals surface area contributed by atoms with E-state index in [1.807, 2.05) is 0 Å². The van der Waals surface area contributed by atoms with Gasteiger partial charge >= 0.3 is 12.1 Å². The summed E-state index contributed by atoms with van der Waals surface area (Å²) in [7, 11) is 1.69. The van der Waals surface area contributed by atoms with Gasteiger partial charge in [-0.3, -0.25) is 4.68 Å². The van der Waals surface area contributed by atoms with Crippen molar-refractivity contribution in [2.75, 3.05) is 6.61 Å². The van der Waals surface area contributed by atoms with E-state index in [0.29, 0.717) is 11.3 Å². The monoisotopic (exact) mass is 253 g/mol. The van der Waals surface area contributed by atoms with Crippen molar-refractivity contribution in [3.63, 3.8) is 0 Å². The van der Waals surface area contributed by atoms with Gasteiger partial charge in [0, 0.05) is 18.3 Å². The van der Waals surface area contributed by atoms with E-state index in [-0.39, 0.29) is 6.61 Å². The smallest absolute Gasteiger partial charge is 0.408 e. The molecule has 7 heteroatoms. The number of aliphatic carboxylic acids is 1. The molecule has 0 saturated carbocycles. The highest BCUT2D eigenvalue weighted by atomic mass is 16.5. The number of rotatable bonds is 5. The molecule has 0 radical (unpaired) electrons. The largest absolute Gasteiger partial charge is 0.479 e. The van der Waals surface area contributed by atoms with Gasteiger partial charge in [0.15, 0.2) is 6.04 Å². The molecular formula is C11H15N3O4. The fourth-order valence-corrected chi connectivity index (χ4v) is 1.37. The van der Waals surface area contributed by atoms with Crippen LogP contribution in [0, 0.1) is 6.92 Å². The standard InChI is InChI=1S/C11H15N3O4/c1-4-5-18-11(17)13-9(10(15)16)8-6-12-14(3)7(8)2/h4,6,9H,1,5H2,2-3H3,(H,13,17)(H,15,16). The molecule has 0 aliphatic rings. The predicted octanol–water partition coefficient (Wildman–Crippen LogP) is 0.766. The highest BCUT2D eigenvalue weighted by Gasteiger charge is 2.26. The van der Waals surface area contributed by atoms with Gasteiger partial charge in [-0.2, -0.15) is 5.10 Å². The molecule has 0 spiro atoms. The van der Waals surface area contributed by atoms with Gasteiger partial charge in [0.25, 0.3) is 0 Å². The molecular weight excluding hydrogens is 238 g/mol. The summed E-state index contributed by atoms with van der Waals surface area (Å²) in [5, 5.41) is 15.3. The minimum absolute atomic E-state index is 0.0180. The summed E-state index contributed by atoms with van der Waals surface area (Å²) in [6.07, 6.45) is 1.98. The summed E-state index contributed by atoms with van der Waals surface area (Å²) in [6.45, 7) is 5.12. The first-order valence-electron chi connectivity index (χ1n) is 5.22. The first kappa shape index (κ1) is 13.8. The zero-order chi connectivity index (χ0) is 13.7. The van der Waals surface area contributed by atoms with Crippen LogP contribution in [0.25, 0.3) is 0 Å². The number of amides is 1. The minimum atomic E-state index is -1.18. The Labute approximate surface area is 104 Å². The van der Waals surface area contributed by atoms with Gasteiger partial charge in [-0.05, 0) is 6.92 Å². The molecule has 0 aliphatic heterocycles. The van der Waals surface area contributed by atoms with E-state index in [4.69, 9.17) is 5.11 Å². The van der Waals surface area contributed by atoms with E-state index < -0.39 is 18.1 Å². The third kappa shape index (κ3) is 3.09. The summed E-state index contributed by atoms with van der Waals surface area (Å²) < 4.78 is 6.21. The quantitative estimate of drug-likeness (QED) is 0.756. The van der Waals surface area contributed by atoms with E-state index in [2.05, 4.69) is 21.7 Å². The molecule has 2 N–H and O–H groups in total. The number of carboxylic acids is 1.